The van der Waals surface area contributed by atoms with Crippen LogP contribution in [-0.4, -0.2) is 21.8 Å². The number of carbonyl (C=O) groups is 2. The number of hydrogen-bond acceptors (Lipinski definition) is 3. The molecule has 0 bridgehead atoms. The second kappa shape index (κ2) is 6.21. The molecule has 0 saturated carbocycles. The molecule has 1 aromatic heterocycles. The van der Waals surface area contributed by atoms with Crippen molar-refractivity contribution in [1.29, 1.82) is 0 Å². The average Bonchev–Trinajstić information content (AvgIpc) is 2.88. The lowest BCUT2D eigenvalue weighted by atomic mass is 10.0. The van der Waals surface area contributed by atoms with Gasteiger partial charge in [-0.2, -0.15) is 0 Å². The Morgan fingerprint density at radius 2 is 1.91 bits per heavy atom. The Kier molecular flexibility index (Phi) is 4.12. The first-order valence-corrected chi connectivity index (χ1v) is 7.65. The highest BCUT2D eigenvalue weighted by Gasteiger charge is 2.16. The molecule has 0 atom stereocenters. The van der Waals surface area contributed by atoms with E-state index in [2.05, 4.69) is 31.2 Å². The number of nitrogens with zero attached hydrogens (tertiary/aromatic N) is 1. The van der Waals surface area contributed by atoms with Gasteiger partial charge in [0.05, 0.1) is 6.42 Å². The molecule has 1 heterocycles. The molecule has 2 aromatic carbocycles. The van der Waals surface area contributed by atoms with E-state index in [4.69, 9.17) is 5.73 Å². The fourth-order valence-corrected chi connectivity index (χ4v) is 2.78. The van der Waals surface area contributed by atoms with Crippen molar-refractivity contribution in [3.05, 3.63) is 58.5 Å². The molecule has 0 aliphatic carbocycles. The average molecular weight is 373 g/mol. The Balaban J connectivity index is 1.83. The third-order valence-electron chi connectivity index (χ3n) is 3.41. The minimum Gasteiger partial charge on any atom is -0.364 e. The van der Waals surface area contributed by atoms with E-state index in [1.54, 1.807) is 0 Å². The first kappa shape index (κ1) is 15.2. The number of nitrogens with two attached hydrogens (primary N) is 1. The highest BCUT2D eigenvalue weighted by atomic mass is 79.9. The van der Waals surface area contributed by atoms with Crippen LogP contribution in [0.1, 0.15) is 16.1 Å². The number of aromatic nitrogens is 2. The summed E-state index contributed by atoms with van der Waals surface area (Å²) in [5, 5.41) is 4.70. The molecule has 0 aliphatic heterocycles. The second-order valence-electron chi connectivity index (χ2n) is 4.98. The normalized spacial score (nSPS) is 10.7. The van der Waals surface area contributed by atoms with Crippen molar-refractivity contribution in [2.75, 3.05) is 5.32 Å². The number of primary amides is 1. The third kappa shape index (κ3) is 3.24. The van der Waals surface area contributed by atoms with Crippen LogP contribution in [0.4, 0.5) is 5.82 Å². The second-order valence-corrected chi connectivity index (χ2v) is 5.73. The van der Waals surface area contributed by atoms with Crippen LogP contribution in [0, 0.1) is 0 Å². The van der Waals surface area contributed by atoms with Crippen LogP contribution >= 0.6 is 15.9 Å². The van der Waals surface area contributed by atoms with Crippen molar-refractivity contribution >= 4 is 44.3 Å². The first-order valence-electron chi connectivity index (χ1n) is 6.86. The molecule has 4 N–H and O–H groups in total. The molecular formula is C16H13BrN4O2. The number of anilines is 1. The summed E-state index contributed by atoms with van der Waals surface area (Å²) in [4.78, 5) is 30.3. The van der Waals surface area contributed by atoms with Crippen molar-refractivity contribution in [3.63, 3.8) is 0 Å². The molecule has 3 aromatic rings. The number of aromatic amines is 1. The zero-order valence-corrected chi connectivity index (χ0v) is 13.6. The predicted octanol–water partition coefficient (Wildman–Crippen LogP) is 2.61. The summed E-state index contributed by atoms with van der Waals surface area (Å²) in [6, 6.07) is 13.6. The number of rotatable bonds is 4. The van der Waals surface area contributed by atoms with Gasteiger partial charge in [-0.15, -0.1) is 0 Å². The standard InChI is InChI=1S/C16H13BrN4O2/c17-16-20-13(14(18)23)15(21-16)19-12(22)8-10-6-3-5-9-4-1-2-7-11(9)10/h1-7H,8H2,(H2,18,23)(H,19,22)(H,20,21). The SMILES string of the molecule is NC(=O)c1[nH]c(Br)nc1NC(=O)Cc1cccc2ccccc12. The summed E-state index contributed by atoms with van der Waals surface area (Å²) in [5.74, 6) is -0.846. The fourth-order valence-electron chi connectivity index (χ4n) is 2.41. The van der Waals surface area contributed by atoms with E-state index < -0.39 is 5.91 Å². The van der Waals surface area contributed by atoms with Gasteiger partial charge in [-0.05, 0) is 32.3 Å². The number of halogens is 1. The molecule has 116 valence electrons. The summed E-state index contributed by atoms with van der Waals surface area (Å²) < 4.78 is 0.326. The number of benzene rings is 2. The van der Waals surface area contributed by atoms with Gasteiger partial charge in [0.2, 0.25) is 5.91 Å². The number of imidazole rings is 1. The topological polar surface area (TPSA) is 101 Å². The lowest BCUT2D eigenvalue weighted by molar-refractivity contribution is -0.115. The Bertz CT molecular complexity index is 899. The number of carbonyl (C=O) groups excluding carboxylic acids is 2. The predicted molar refractivity (Wildman–Crippen MR) is 91.1 cm³/mol. The summed E-state index contributed by atoms with van der Waals surface area (Å²) in [5.41, 5.74) is 6.21. The smallest absolute Gasteiger partial charge is 0.269 e. The van der Waals surface area contributed by atoms with Crippen molar-refractivity contribution in [2.45, 2.75) is 6.42 Å². The van der Waals surface area contributed by atoms with Crippen LogP contribution in [0.25, 0.3) is 10.8 Å². The summed E-state index contributed by atoms with van der Waals surface area (Å²) >= 11 is 3.11. The van der Waals surface area contributed by atoms with E-state index >= 15 is 0 Å². The number of amides is 2. The van der Waals surface area contributed by atoms with E-state index in [1.165, 1.54) is 0 Å². The molecule has 2 amide bonds. The molecule has 7 heteroatoms. The molecule has 6 nitrogen and oxygen atoms in total. The van der Waals surface area contributed by atoms with Gasteiger partial charge in [0.15, 0.2) is 10.6 Å². The van der Waals surface area contributed by atoms with Gasteiger partial charge in [-0.3, -0.25) is 9.59 Å². The van der Waals surface area contributed by atoms with Crippen LogP contribution in [0.15, 0.2) is 47.2 Å². The molecular weight excluding hydrogens is 360 g/mol. The molecule has 0 fully saturated rings. The van der Waals surface area contributed by atoms with Crippen LogP contribution in [0.5, 0.6) is 0 Å². The van der Waals surface area contributed by atoms with E-state index in [9.17, 15) is 9.59 Å². The monoisotopic (exact) mass is 372 g/mol. The molecule has 0 spiro atoms. The molecule has 0 saturated heterocycles. The van der Waals surface area contributed by atoms with Crippen LogP contribution in [-0.2, 0) is 11.2 Å². The Morgan fingerprint density at radius 3 is 2.70 bits per heavy atom. The summed E-state index contributed by atoms with van der Waals surface area (Å²) in [7, 11) is 0. The van der Waals surface area contributed by atoms with Gasteiger partial charge in [-0.1, -0.05) is 42.5 Å². The number of nitrogens with one attached hydrogen (secondary N) is 2. The fraction of sp³-hybridized carbons (Fsp3) is 0.0625. The van der Waals surface area contributed by atoms with Gasteiger partial charge in [0.1, 0.15) is 5.69 Å². The quantitative estimate of drug-likeness (QED) is 0.655. The van der Waals surface area contributed by atoms with E-state index in [1.807, 2.05) is 42.5 Å². The zero-order chi connectivity index (χ0) is 16.4. The van der Waals surface area contributed by atoms with Gasteiger partial charge in [0.25, 0.3) is 5.91 Å². The number of H-pyrrole nitrogens is 1. The third-order valence-corrected chi connectivity index (χ3v) is 3.79. The molecule has 3 rings (SSSR count). The minimum absolute atomic E-state index is 0.0585. The molecule has 0 aliphatic rings. The maximum absolute atomic E-state index is 12.3. The molecule has 23 heavy (non-hydrogen) atoms. The van der Waals surface area contributed by atoms with Crippen LogP contribution in [0.2, 0.25) is 0 Å². The Morgan fingerprint density at radius 1 is 1.17 bits per heavy atom. The number of hydrogen-bond donors (Lipinski definition) is 3. The van der Waals surface area contributed by atoms with Gasteiger partial charge in [0, 0.05) is 0 Å². The van der Waals surface area contributed by atoms with E-state index in [0.717, 1.165) is 16.3 Å². The van der Waals surface area contributed by atoms with Gasteiger partial charge >= 0.3 is 0 Å². The largest absolute Gasteiger partial charge is 0.364 e. The van der Waals surface area contributed by atoms with E-state index in [-0.39, 0.29) is 23.8 Å². The van der Waals surface area contributed by atoms with E-state index in [0.29, 0.717) is 4.73 Å². The van der Waals surface area contributed by atoms with Gasteiger partial charge < -0.3 is 16.0 Å². The zero-order valence-electron chi connectivity index (χ0n) is 12.0. The first-order chi connectivity index (χ1) is 11.0. The van der Waals surface area contributed by atoms with Crippen LogP contribution in [0.3, 0.4) is 0 Å². The maximum Gasteiger partial charge on any atom is 0.269 e. The van der Waals surface area contributed by atoms with Crippen molar-refractivity contribution in [2.24, 2.45) is 5.73 Å². The summed E-state index contributed by atoms with van der Waals surface area (Å²) in [6.45, 7) is 0. The van der Waals surface area contributed by atoms with Crippen molar-refractivity contribution in [1.82, 2.24) is 9.97 Å². The van der Waals surface area contributed by atoms with Crippen LogP contribution < -0.4 is 11.1 Å². The highest BCUT2D eigenvalue weighted by Crippen LogP contribution is 2.20. The molecule has 0 radical (unpaired) electrons. The highest BCUT2D eigenvalue weighted by molar-refractivity contribution is 9.10. The van der Waals surface area contributed by atoms with Gasteiger partial charge in [-0.25, -0.2) is 4.98 Å². The maximum atomic E-state index is 12.3. The Labute approximate surface area is 140 Å². The number of fused-ring (bicyclic) bond motifs is 1. The lowest BCUT2D eigenvalue weighted by Gasteiger charge is -2.07. The molecule has 0 unspecified atom stereocenters. The van der Waals surface area contributed by atoms with Crippen molar-refractivity contribution in [3.8, 4) is 0 Å². The minimum atomic E-state index is -0.691. The Hall–Kier alpha value is -2.67. The van der Waals surface area contributed by atoms with Crippen molar-refractivity contribution < 1.29 is 9.59 Å². The lowest BCUT2D eigenvalue weighted by Crippen LogP contribution is -2.19. The summed E-state index contributed by atoms with van der Waals surface area (Å²) in [6.07, 6.45) is 0.171.